The zero-order chi connectivity index (χ0) is 16.9. The van der Waals surface area contributed by atoms with Crippen molar-refractivity contribution in [3.63, 3.8) is 0 Å². The maximum atomic E-state index is 11.1. The summed E-state index contributed by atoms with van der Waals surface area (Å²) in [5.74, 6) is 0. The molecule has 2 rings (SSSR count). The molecule has 0 bridgehead atoms. The molecule has 0 radical (unpaired) electrons. The van der Waals surface area contributed by atoms with Crippen LogP contribution >= 0.6 is 0 Å². The van der Waals surface area contributed by atoms with Crippen LogP contribution < -0.4 is 11.1 Å². The molecule has 0 saturated carbocycles. The van der Waals surface area contributed by atoms with E-state index in [0.29, 0.717) is 6.07 Å². The van der Waals surface area contributed by atoms with Gasteiger partial charge in [0.1, 0.15) is 6.07 Å². The molecule has 0 N–H and O–H groups in total. The number of rotatable bonds is 2. The average Bonchev–Trinajstić information content (AvgIpc) is 2.45. The van der Waals surface area contributed by atoms with E-state index in [1.165, 1.54) is 17.7 Å². The summed E-state index contributed by atoms with van der Waals surface area (Å²) in [7, 11) is 2.94. The van der Waals surface area contributed by atoms with Crippen LogP contribution in [-0.2, 0) is 14.1 Å². The highest BCUT2D eigenvalue weighted by atomic mass is 16.6. The highest BCUT2D eigenvalue weighted by Gasteiger charge is 2.19. The number of aromatic nitrogens is 2. The molecule has 0 aliphatic rings. The Morgan fingerprint density at radius 2 is 1.64 bits per heavy atom. The fraction of sp³-hybridized carbons (Fsp3) is 0.167. The summed E-state index contributed by atoms with van der Waals surface area (Å²) in [5, 5.41) is 20.6. The molecule has 10 heteroatoms. The maximum Gasteiger partial charge on any atom is 0.340 e. The Morgan fingerprint density at radius 1 is 1.00 bits per heavy atom. The van der Waals surface area contributed by atoms with Gasteiger partial charge in [-0.05, 0) is 6.07 Å². The second kappa shape index (κ2) is 6.92. The molecular weight excluding hydrogens is 296 g/mol. The maximum absolute atomic E-state index is 11.1. The monoisotopic (exact) mass is 308 g/mol. The van der Waals surface area contributed by atoms with E-state index in [9.17, 15) is 29.8 Å². The topological polar surface area (TPSA) is 130 Å². The van der Waals surface area contributed by atoms with Crippen LogP contribution in [-0.4, -0.2) is 19.0 Å². The van der Waals surface area contributed by atoms with E-state index < -0.39 is 26.8 Å². The van der Waals surface area contributed by atoms with Gasteiger partial charge in [-0.15, -0.1) is 0 Å². The minimum absolute atomic E-state index is 0.0347. The van der Waals surface area contributed by atoms with Gasteiger partial charge < -0.3 is 9.13 Å². The standard InChI is InChI=1S/C6H5N3O5.C6H7NO/c1-7-3-4(8(11)12)2-5(6(7)10)9(13)14;1-7-5-3-2-4-6(7)8/h2-3H,1H3;2-5H,1H3. The minimum atomic E-state index is -0.949. The van der Waals surface area contributed by atoms with E-state index in [0.717, 1.165) is 10.8 Å². The van der Waals surface area contributed by atoms with E-state index in [1.54, 1.807) is 19.3 Å². The van der Waals surface area contributed by atoms with Crippen molar-refractivity contribution in [2.45, 2.75) is 0 Å². The average molecular weight is 308 g/mol. The summed E-state index contributed by atoms with van der Waals surface area (Å²) in [6.07, 6.45) is 2.65. The lowest BCUT2D eigenvalue weighted by Gasteiger charge is -1.96. The number of pyridine rings is 2. The Bertz CT molecular complexity index is 823. The van der Waals surface area contributed by atoms with E-state index in [1.807, 2.05) is 6.07 Å². The van der Waals surface area contributed by atoms with Crippen LogP contribution in [0.15, 0.2) is 46.2 Å². The van der Waals surface area contributed by atoms with Gasteiger partial charge in [0, 0.05) is 26.4 Å². The van der Waals surface area contributed by atoms with Crippen LogP contribution in [0.3, 0.4) is 0 Å². The second-order valence-electron chi connectivity index (χ2n) is 4.16. The number of hydrogen-bond donors (Lipinski definition) is 0. The quantitative estimate of drug-likeness (QED) is 0.589. The van der Waals surface area contributed by atoms with E-state index >= 15 is 0 Å². The normalized spacial score (nSPS) is 9.55. The van der Waals surface area contributed by atoms with Crippen LogP contribution in [0, 0.1) is 20.2 Å². The van der Waals surface area contributed by atoms with Gasteiger partial charge in [0.2, 0.25) is 5.56 Å². The van der Waals surface area contributed by atoms with Gasteiger partial charge in [-0.3, -0.25) is 29.8 Å². The molecule has 0 fully saturated rings. The van der Waals surface area contributed by atoms with Crippen LogP contribution in [0.5, 0.6) is 0 Å². The molecule has 2 aromatic heterocycles. The first-order valence-electron chi connectivity index (χ1n) is 5.85. The van der Waals surface area contributed by atoms with Crippen molar-refractivity contribution >= 4 is 11.4 Å². The van der Waals surface area contributed by atoms with Crippen molar-refractivity contribution < 1.29 is 9.85 Å². The van der Waals surface area contributed by atoms with Crippen molar-refractivity contribution in [2.75, 3.05) is 0 Å². The first-order chi connectivity index (χ1) is 10.2. The minimum Gasteiger partial charge on any atom is -0.319 e. The van der Waals surface area contributed by atoms with Crippen molar-refractivity contribution in [3.05, 3.63) is 77.6 Å². The van der Waals surface area contributed by atoms with Crippen LogP contribution in [0.2, 0.25) is 0 Å². The Hall–Kier alpha value is -3.30. The Labute approximate surface area is 123 Å². The fourth-order valence-electron chi connectivity index (χ4n) is 1.42. The molecule has 0 unspecified atom stereocenters. The van der Waals surface area contributed by atoms with Gasteiger partial charge >= 0.3 is 11.2 Å². The highest BCUT2D eigenvalue weighted by molar-refractivity contribution is 5.39. The molecular formula is C12H12N4O6. The zero-order valence-electron chi connectivity index (χ0n) is 11.7. The van der Waals surface area contributed by atoms with E-state index in [4.69, 9.17) is 0 Å². The first-order valence-corrected chi connectivity index (χ1v) is 5.85. The molecule has 0 aliphatic carbocycles. The number of nitro groups is 2. The van der Waals surface area contributed by atoms with Crippen molar-refractivity contribution in [2.24, 2.45) is 14.1 Å². The third-order valence-electron chi connectivity index (χ3n) is 2.56. The van der Waals surface area contributed by atoms with Gasteiger partial charge in [0.05, 0.1) is 16.0 Å². The molecule has 2 aromatic rings. The smallest absolute Gasteiger partial charge is 0.319 e. The SMILES string of the molecule is Cn1cc([N+](=O)[O-])cc([N+](=O)[O-])c1=O.Cn1ccccc1=O. The fourth-order valence-corrected chi connectivity index (χ4v) is 1.42. The largest absolute Gasteiger partial charge is 0.340 e. The van der Waals surface area contributed by atoms with Crippen LogP contribution in [0.1, 0.15) is 0 Å². The van der Waals surface area contributed by atoms with E-state index in [-0.39, 0.29) is 5.56 Å². The summed E-state index contributed by atoms with van der Waals surface area (Å²) in [6.45, 7) is 0. The molecule has 0 amide bonds. The van der Waals surface area contributed by atoms with Gasteiger partial charge in [0.15, 0.2) is 0 Å². The molecule has 10 nitrogen and oxygen atoms in total. The Kier molecular flexibility index (Phi) is 5.27. The van der Waals surface area contributed by atoms with Crippen molar-refractivity contribution in [1.29, 1.82) is 0 Å². The predicted octanol–water partition coefficient (Wildman–Crippen LogP) is 0.587. The molecule has 116 valence electrons. The number of nitrogens with zero attached hydrogens (tertiary/aromatic N) is 4. The first kappa shape index (κ1) is 16.8. The third kappa shape index (κ3) is 4.10. The molecule has 0 spiro atoms. The molecule has 22 heavy (non-hydrogen) atoms. The lowest BCUT2D eigenvalue weighted by Crippen LogP contribution is -2.19. The summed E-state index contributed by atoms with van der Waals surface area (Å²) in [6, 6.07) is 5.71. The molecule has 0 aromatic carbocycles. The molecule has 2 heterocycles. The number of hydrogen-bond acceptors (Lipinski definition) is 6. The van der Waals surface area contributed by atoms with Gasteiger partial charge in [0.25, 0.3) is 5.69 Å². The van der Waals surface area contributed by atoms with Crippen LogP contribution in [0.25, 0.3) is 0 Å². The Morgan fingerprint density at radius 3 is 2.05 bits per heavy atom. The lowest BCUT2D eigenvalue weighted by molar-refractivity contribution is -0.395. The third-order valence-corrected chi connectivity index (χ3v) is 2.56. The van der Waals surface area contributed by atoms with Crippen molar-refractivity contribution in [3.8, 4) is 0 Å². The zero-order valence-corrected chi connectivity index (χ0v) is 11.7. The highest BCUT2D eigenvalue weighted by Crippen LogP contribution is 2.14. The summed E-state index contributed by atoms with van der Waals surface area (Å²) < 4.78 is 2.33. The summed E-state index contributed by atoms with van der Waals surface area (Å²) in [4.78, 5) is 40.5. The van der Waals surface area contributed by atoms with Crippen molar-refractivity contribution in [1.82, 2.24) is 9.13 Å². The summed E-state index contributed by atoms with van der Waals surface area (Å²) in [5.41, 5.74) is -2.13. The molecule has 0 saturated heterocycles. The lowest BCUT2D eigenvalue weighted by atomic mass is 10.4. The molecule has 0 aliphatic heterocycles. The second-order valence-corrected chi connectivity index (χ2v) is 4.16. The van der Waals surface area contributed by atoms with E-state index in [2.05, 4.69) is 0 Å². The number of aryl methyl sites for hydroxylation is 2. The molecule has 0 atom stereocenters. The predicted molar refractivity (Wildman–Crippen MR) is 76.7 cm³/mol. The van der Waals surface area contributed by atoms with Gasteiger partial charge in [-0.25, -0.2) is 0 Å². The summed E-state index contributed by atoms with van der Waals surface area (Å²) >= 11 is 0. The Balaban J connectivity index is 0.000000255. The van der Waals surface area contributed by atoms with Gasteiger partial charge in [-0.2, -0.15) is 0 Å². The van der Waals surface area contributed by atoms with Gasteiger partial charge in [-0.1, -0.05) is 6.07 Å². The van der Waals surface area contributed by atoms with Crippen LogP contribution in [0.4, 0.5) is 11.4 Å².